The molecule has 1 fully saturated rings. The van der Waals surface area contributed by atoms with Crippen LogP contribution in [0.4, 0.5) is 13.6 Å². The molecular formula is C58H51Cl2F2N2O7+. The molecule has 0 bridgehead atoms. The van der Waals surface area contributed by atoms with Crippen molar-refractivity contribution in [2.24, 2.45) is 16.8 Å². The minimum Gasteiger partial charge on any atom is -0.489 e. The Morgan fingerprint density at radius 2 is 1.28 bits per heavy atom. The maximum atomic E-state index is 14.8. The molecule has 362 valence electrons. The van der Waals surface area contributed by atoms with Gasteiger partial charge in [-0.1, -0.05) is 169 Å². The van der Waals surface area contributed by atoms with Gasteiger partial charge in [0.2, 0.25) is 0 Å². The zero-order valence-electron chi connectivity index (χ0n) is 38.6. The largest absolute Gasteiger partial charge is 0.489 e. The molecule has 2 aliphatic rings. The van der Waals surface area contributed by atoms with E-state index in [1.807, 2.05) is 127 Å². The van der Waals surface area contributed by atoms with E-state index in [0.717, 1.165) is 51.8 Å². The van der Waals surface area contributed by atoms with E-state index in [0.29, 0.717) is 30.1 Å². The summed E-state index contributed by atoms with van der Waals surface area (Å²) in [7, 11) is 0. The highest BCUT2D eigenvalue weighted by Gasteiger charge is 2.38. The van der Waals surface area contributed by atoms with E-state index in [1.165, 1.54) is 24.4 Å². The zero-order chi connectivity index (χ0) is 49.2. The lowest BCUT2D eigenvalue weighted by Gasteiger charge is -2.36. The highest BCUT2D eigenvalue weighted by atomic mass is 35.5. The third kappa shape index (κ3) is 11.7. The van der Waals surface area contributed by atoms with E-state index in [1.54, 1.807) is 12.4 Å². The Hall–Kier alpha value is -6.92. The Bertz CT molecular complexity index is 2800. The van der Waals surface area contributed by atoms with Crippen molar-refractivity contribution in [1.29, 1.82) is 0 Å². The number of ether oxygens (including phenoxy) is 5. The van der Waals surface area contributed by atoms with Gasteiger partial charge in [0.05, 0.1) is 12.5 Å². The normalized spacial score (nSPS) is 14.2. The summed E-state index contributed by atoms with van der Waals surface area (Å²) in [6, 6.07) is 50.3. The number of hydrogen-bond donors (Lipinski definition) is 0. The molecule has 1 aromatic heterocycles. The van der Waals surface area contributed by atoms with E-state index >= 15 is 0 Å². The average molecular weight is 997 g/mol. The number of carbonyl (C=O) groups excluding carboxylic acids is 2. The lowest BCUT2D eigenvalue weighted by molar-refractivity contribution is -0.377. The number of aromatic nitrogens is 1. The van der Waals surface area contributed by atoms with E-state index in [2.05, 4.69) is 22.1 Å². The number of benzene rings is 6. The molecule has 13 heteroatoms. The summed E-state index contributed by atoms with van der Waals surface area (Å²) in [5, 5.41) is 0.566. The minimum absolute atomic E-state index is 0.0116. The number of aliphatic imine (C=N–C) groups is 1. The van der Waals surface area contributed by atoms with Crippen LogP contribution in [-0.2, 0) is 31.0 Å². The quantitative estimate of drug-likeness (QED) is 0.0305. The SMILES string of the molecule is O=C(/N=C\C(CCCOC(c1ccccc1)(c1ccccc1)c1ccccc1)C(=O)O[C@@H](Cc1c(Cl)c[nH+]cc1Cl)c1ccc(OC(F)F)c(OCC2CC2)c1)OCC1c2ccccc2-c2ccccc21. The van der Waals surface area contributed by atoms with Crippen LogP contribution < -0.4 is 14.5 Å². The summed E-state index contributed by atoms with van der Waals surface area (Å²) >= 11 is 13.3. The Labute approximate surface area is 421 Å². The van der Waals surface area contributed by atoms with E-state index in [4.69, 9.17) is 46.9 Å². The predicted octanol–water partition coefficient (Wildman–Crippen LogP) is 13.4. The third-order valence-electron chi connectivity index (χ3n) is 12.9. The monoisotopic (exact) mass is 995 g/mol. The van der Waals surface area contributed by atoms with E-state index in [9.17, 15) is 18.4 Å². The topological polar surface area (TPSA) is 107 Å². The first-order valence-electron chi connectivity index (χ1n) is 23.6. The first-order chi connectivity index (χ1) is 34.7. The second kappa shape index (κ2) is 22.9. The zero-order valence-corrected chi connectivity index (χ0v) is 40.1. The van der Waals surface area contributed by atoms with Gasteiger partial charge in [0.15, 0.2) is 23.9 Å². The first kappa shape index (κ1) is 49.1. The molecule has 1 saturated carbocycles. The fraction of sp³-hybridized carbons (Fsp3) is 0.241. The first-order valence-corrected chi connectivity index (χ1v) is 24.4. The molecule has 9 nitrogen and oxygen atoms in total. The van der Waals surface area contributed by atoms with Crippen LogP contribution in [0.2, 0.25) is 10.0 Å². The highest BCUT2D eigenvalue weighted by Crippen LogP contribution is 2.45. The number of pyridine rings is 1. The molecular weight excluding hydrogens is 946 g/mol. The molecule has 2 aliphatic carbocycles. The molecule has 7 aromatic rings. The maximum Gasteiger partial charge on any atom is 0.433 e. The van der Waals surface area contributed by atoms with Crippen molar-refractivity contribution < 1.29 is 47.0 Å². The van der Waals surface area contributed by atoms with Crippen LogP contribution in [-0.4, -0.2) is 44.7 Å². The lowest BCUT2D eigenvalue weighted by atomic mass is 9.80. The fourth-order valence-electron chi connectivity index (χ4n) is 9.17. The Balaban J connectivity index is 1.01. The van der Waals surface area contributed by atoms with Crippen LogP contribution in [0.1, 0.15) is 76.6 Å². The van der Waals surface area contributed by atoms with Gasteiger partial charge in [0, 0.05) is 30.7 Å². The average Bonchev–Trinajstić information content (AvgIpc) is 4.18. The second-order valence-electron chi connectivity index (χ2n) is 17.6. The molecule has 2 atom stereocenters. The molecule has 0 saturated heterocycles. The smallest absolute Gasteiger partial charge is 0.433 e. The van der Waals surface area contributed by atoms with Gasteiger partial charge in [0.1, 0.15) is 28.4 Å². The molecule has 1 amide bonds. The van der Waals surface area contributed by atoms with Gasteiger partial charge >= 0.3 is 18.7 Å². The van der Waals surface area contributed by atoms with Crippen LogP contribution in [0.3, 0.4) is 0 Å². The third-order valence-corrected chi connectivity index (χ3v) is 13.6. The van der Waals surface area contributed by atoms with Crippen molar-refractivity contribution in [3.63, 3.8) is 0 Å². The van der Waals surface area contributed by atoms with Gasteiger partial charge in [-0.15, -0.1) is 0 Å². The number of carbonyl (C=O) groups is 2. The Morgan fingerprint density at radius 3 is 1.85 bits per heavy atom. The number of aromatic amines is 1. The van der Waals surface area contributed by atoms with Crippen LogP contribution in [0, 0.1) is 11.8 Å². The van der Waals surface area contributed by atoms with Crippen LogP contribution >= 0.6 is 23.2 Å². The number of H-pyrrole nitrogens is 1. The number of hydrogen-bond acceptors (Lipinski definition) is 7. The molecule has 6 aromatic carbocycles. The van der Waals surface area contributed by atoms with Crippen molar-refractivity contribution in [1.82, 2.24) is 0 Å². The number of esters is 1. The molecule has 1 unspecified atom stereocenters. The summed E-state index contributed by atoms with van der Waals surface area (Å²) in [4.78, 5) is 35.5. The summed E-state index contributed by atoms with van der Waals surface area (Å²) in [5.74, 6) is -1.83. The van der Waals surface area contributed by atoms with E-state index in [-0.39, 0.29) is 53.5 Å². The number of alkyl halides is 2. The van der Waals surface area contributed by atoms with Gasteiger partial charge < -0.3 is 23.7 Å². The van der Waals surface area contributed by atoms with Crippen molar-refractivity contribution in [3.05, 3.63) is 219 Å². The number of nitrogens with one attached hydrogen (secondary N) is 1. The van der Waals surface area contributed by atoms with Gasteiger partial charge in [0.25, 0.3) is 0 Å². The number of halogens is 4. The standard InChI is InChI=1S/C58H50Cl2F2N2O7/c59-50-34-63-35-51(60)48(50)32-53(39-28-29-52(71-56(61)62)54(31-39)67-36-38-26-27-38)70-55(65)40(33-64-57(66)68-37-49-46-24-12-10-22-44(46)45-23-11-13-25-47(45)49)15-14-30-69-58(41-16-4-1-5-17-41,42-18-6-2-7-19-42)43-20-8-3-9-21-43/h1-13,16-25,28-29,31,33-35,38,40,49,53,56H,14-15,26-27,30,32,36-37H2/p+1/b64-33-/t40?,53-/m0/s1. The van der Waals surface area contributed by atoms with Crippen LogP contribution in [0.15, 0.2) is 175 Å². The molecule has 0 spiro atoms. The van der Waals surface area contributed by atoms with Gasteiger partial charge in [-0.05, 0) is 88.2 Å². The highest BCUT2D eigenvalue weighted by molar-refractivity contribution is 6.35. The predicted molar refractivity (Wildman–Crippen MR) is 268 cm³/mol. The summed E-state index contributed by atoms with van der Waals surface area (Å²) in [6.07, 6.45) is 4.78. The number of fused-ring (bicyclic) bond motifs is 3. The second-order valence-corrected chi connectivity index (χ2v) is 18.4. The molecule has 0 radical (unpaired) electrons. The Kier molecular flexibility index (Phi) is 15.8. The Morgan fingerprint density at radius 1 is 0.718 bits per heavy atom. The summed E-state index contributed by atoms with van der Waals surface area (Å²) in [6.45, 7) is -2.60. The molecule has 1 N–H and O–H groups in total. The number of amides is 1. The maximum absolute atomic E-state index is 14.8. The molecule has 1 heterocycles. The van der Waals surface area contributed by atoms with Crippen LogP contribution in [0.5, 0.6) is 11.5 Å². The van der Waals surface area contributed by atoms with Gasteiger partial charge in [-0.2, -0.15) is 13.8 Å². The van der Waals surface area contributed by atoms with Crippen LogP contribution in [0.25, 0.3) is 11.1 Å². The van der Waals surface area contributed by atoms with Gasteiger partial charge in [-0.3, -0.25) is 4.79 Å². The lowest BCUT2D eigenvalue weighted by Crippen LogP contribution is -2.33. The van der Waals surface area contributed by atoms with Gasteiger partial charge in [-0.25, -0.2) is 9.78 Å². The van der Waals surface area contributed by atoms with Crippen molar-refractivity contribution in [3.8, 4) is 22.6 Å². The van der Waals surface area contributed by atoms with E-state index < -0.39 is 36.3 Å². The van der Waals surface area contributed by atoms with Crippen molar-refractivity contribution >= 4 is 41.5 Å². The minimum atomic E-state index is -3.10. The van der Waals surface area contributed by atoms with Crippen molar-refractivity contribution in [2.45, 2.75) is 56.3 Å². The summed E-state index contributed by atoms with van der Waals surface area (Å²) < 4.78 is 57.3. The number of rotatable bonds is 21. The van der Waals surface area contributed by atoms with Crippen molar-refractivity contribution in [2.75, 3.05) is 19.8 Å². The summed E-state index contributed by atoms with van der Waals surface area (Å²) in [5.41, 5.74) is 6.83. The molecule has 0 aliphatic heterocycles. The molecule has 71 heavy (non-hydrogen) atoms. The fourth-order valence-corrected chi connectivity index (χ4v) is 9.70. The molecule has 9 rings (SSSR count). The number of nitrogens with zero attached hydrogens (tertiary/aromatic N) is 1.